The van der Waals surface area contributed by atoms with Gasteiger partial charge in [0.25, 0.3) is 0 Å². The molecular formula is C11H12O4. The molecule has 80 valence electrons. The summed E-state index contributed by atoms with van der Waals surface area (Å²) >= 11 is 0. The first-order valence-electron chi connectivity index (χ1n) is 4.48. The molecule has 0 spiro atoms. The highest BCUT2D eigenvalue weighted by Crippen LogP contribution is 2.26. The summed E-state index contributed by atoms with van der Waals surface area (Å²) in [5.41, 5.74) is 0.590. The quantitative estimate of drug-likeness (QED) is 0.760. The van der Waals surface area contributed by atoms with Gasteiger partial charge in [0, 0.05) is 5.56 Å². The Labute approximate surface area is 87.5 Å². The first kappa shape index (κ1) is 11.2. The van der Waals surface area contributed by atoms with Gasteiger partial charge in [0.2, 0.25) is 5.78 Å². The SMILES string of the molecule is COc1ccccc1C(C)C(=O)C(=O)O. The molecule has 1 aromatic rings. The van der Waals surface area contributed by atoms with E-state index >= 15 is 0 Å². The molecule has 4 nitrogen and oxygen atoms in total. The number of rotatable bonds is 4. The van der Waals surface area contributed by atoms with Gasteiger partial charge in [-0.25, -0.2) is 4.79 Å². The first-order valence-corrected chi connectivity index (χ1v) is 4.48. The number of carboxylic acids is 1. The molecule has 0 aliphatic carbocycles. The Balaban J connectivity index is 3.05. The van der Waals surface area contributed by atoms with Gasteiger partial charge in [-0.2, -0.15) is 0 Å². The lowest BCUT2D eigenvalue weighted by atomic mass is 9.96. The second-order valence-corrected chi connectivity index (χ2v) is 3.13. The molecule has 0 fully saturated rings. The van der Waals surface area contributed by atoms with Gasteiger partial charge >= 0.3 is 5.97 Å². The molecule has 0 aliphatic rings. The monoisotopic (exact) mass is 208 g/mol. The van der Waals surface area contributed by atoms with Crippen LogP contribution in [0.4, 0.5) is 0 Å². The van der Waals surface area contributed by atoms with Gasteiger partial charge in [0.1, 0.15) is 5.75 Å². The van der Waals surface area contributed by atoms with Crippen molar-refractivity contribution in [1.82, 2.24) is 0 Å². The van der Waals surface area contributed by atoms with E-state index in [0.717, 1.165) is 0 Å². The van der Waals surface area contributed by atoms with Gasteiger partial charge in [-0.05, 0) is 6.07 Å². The number of ether oxygens (including phenoxy) is 1. The predicted molar refractivity (Wildman–Crippen MR) is 54.1 cm³/mol. The average molecular weight is 208 g/mol. The van der Waals surface area contributed by atoms with Crippen LogP contribution in [-0.4, -0.2) is 24.0 Å². The van der Waals surface area contributed by atoms with Gasteiger partial charge in [-0.3, -0.25) is 4.79 Å². The Hall–Kier alpha value is -1.84. The van der Waals surface area contributed by atoms with Gasteiger partial charge in [0.15, 0.2) is 0 Å². The Morgan fingerprint density at radius 3 is 2.47 bits per heavy atom. The molecule has 1 atom stereocenters. The number of hydrogen-bond acceptors (Lipinski definition) is 3. The Morgan fingerprint density at radius 1 is 1.33 bits per heavy atom. The number of para-hydroxylation sites is 1. The zero-order valence-corrected chi connectivity index (χ0v) is 8.56. The molecule has 1 unspecified atom stereocenters. The third-order valence-corrected chi connectivity index (χ3v) is 2.21. The Bertz CT molecular complexity index is 384. The molecule has 0 saturated heterocycles. The van der Waals surface area contributed by atoms with Crippen molar-refractivity contribution in [3.8, 4) is 5.75 Å². The fourth-order valence-electron chi connectivity index (χ4n) is 1.35. The number of aliphatic carboxylic acids is 1. The maximum atomic E-state index is 11.3. The first-order chi connectivity index (χ1) is 7.07. The minimum atomic E-state index is -1.42. The van der Waals surface area contributed by atoms with Crippen LogP contribution in [-0.2, 0) is 9.59 Å². The number of methoxy groups -OCH3 is 1. The maximum absolute atomic E-state index is 11.3. The molecule has 0 heterocycles. The van der Waals surface area contributed by atoms with Crippen molar-refractivity contribution in [3.63, 3.8) is 0 Å². The van der Waals surface area contributed by atoms with Crippen LogP contribution in [0.5, 0.6) is 5.75 Å². The van der Waals surface area contributed by atoms with Crippen LogP contribution in [0.1, 0.15) is 18.4 Å². The summed E-state index contributed by atoms with van der Waals surface area (Å²) in [6.45, 7) is 1.55. The normalized spacial score (nSPS) is 11.9. The van der Waals surface area contributed by atoms with Crippen molar-refractivity contribution >= 4 is 11.8 Å². The van der Waals surface area contributed by atoms with Gasteiger partial charge in [-0.1, -0.05) is 25.1 Å². The summed E-state index contributed by atoms with van der Waals surface area (Å²) in [5, 5.41) is 8.59. The molecule has 0 aliphatic heterocycles. The van der Waals surface area contributed by atoms with E-state index in [4.69, 9.17) is 9.84 Å². The van der Waals surface area contributed by atoms with E-state index in [0.29, 0.717) is 11.3 Å². The second-order valence-electron chi connectivity index (χ2n) is 3.13. The van der Waals surface area contributed by atoms with Gasteiger partial charge in [-0.15, -0.1) is 0 Å². The molecule has 0 radical (unpaired) electrons. The van der Waals surface area contributed by atoms with Gasteiger partial charge in [0.05, 0.1) is 13.0 Å². The van der Waals surface area contributed by atoms with Crippen LogP contribution in [0.25, 0.3) is 0 Å². The molecule has 0 amide bonds. The minimum Gasteiger partial charge on any atom is -0.496 e. The lowest BCUT2D eigenvalue weighted by Gasteiger charge is -2.12. The summed E-state index contributed by atoms with van der Waals surface area (Å²) < 4.78 is 5.05. The highest BCUT2D eigenvalue weighted by atomic mass is 16.5. The fourth-order valence-corrected chi connectivity index (χ4v) is 1.35. The molecular weight excluding hydrogens is 196 g/mol. The largest absolute Gasteiger partial charge is 0.496 e. The van der Waals surface area contributed by atoms with Crippen LogP contribution in [0.3, 0.4) is 0 Å². The topological polar surface area (TPSA) is 63.6 Å². The van der Waals surface area contributed by atoms with Crippen molar-refractivity contribution in [1.29, 1.82) is 0 Å². The van der Waals surface area contributed by atoms with E-state index in [9.17, 15) is 9.59 Å². The van der Waals surface area contributed by atoms with Crippen molar-refractivity contribution in [2.45, 2.75) is 12.8 Å². The molecule has 1 rings (SSSR count). The van der Waals surface area contributed by atoms with E-state index in [-0.39, 0.29) is 0 Å². The fraction of sp³-hybridized carbons (Fsp3) is 0.273. The zero-order chi connectivity index (χ0) is 11.4. The second kappa shape index (κ2) is 4.59. The van der Waals surface area contributed by atoms with E-state index in [2.05, 4.69) is 0 Å². The summed E-state index contributed by atoms with van der Waals surface area (Å²) in [6.07, 6.45) is 0. The summed E-state index contributed by atoms with van der Waals surface area (Å²) in [7, 11) is 1.48. The summed E-state index contributed by atoms with van der Waals surface area (Å²) in [6, 6.07) is 6.88. The van der Waals surface area contributed by atoms with E-state index in [1.807, 2.05) is 0 Å². The van der Waals surface area contributed by atoms with Crippen molar-refractivity contribution in [3.05, 3.63) is 29.8 Å². The number of hydrogen-bond donors (Lipinski definition) is 1. The van der Waals surface area contributed by atoms with Crippen LogP contribution in [0.15, 0.2) is 24.3 Å². The molecule has 15 heavy (non-hydrogen) atoms. The van der Waals surface area contributed by atoms with E-state index in [1.54, 1.807) is 31.2 Å². The third-order valence-electron chi connectivity index (χ3n) is 2.21. The molecule has 1 N–H and O–H groups in total. The lowest BCUT2D eigenvalue weighted by Crippen LogP contribution is -2.19. The molecule has 0 saturated carbocycles. The standard InChI is InChI=1S/C11H12O4/c1-7(10(12)11(13)14)8-5-3-4-6-9(8)15-2/h3-7H,1-2H3,(H,13,14). The third kappa shape index (κ3) is 2.34. The summed E-state index contributed by atoms with van der Waals surface area (Å²) in [5.74, 6) is -2.42. The molecule has 4 heteroatoms. The number of benzene rings is 1. The predicted octanol–water partition coefficient (Wildman–Crippen LogP) is 1.45. The zero-order valence-electron chi connectivity index (χ0n) is 8.56. The van der Waals surface area contributed by atoms with Crippen LogP contribution < -0.4 is 4.74 Å². The van der Waals surface area contributed by atoms with Crippen LogP contribution >= 0.6 is 0 Å². The lowest BCUT2D eigenvalue weighted by molar-refractivity contribution is -0.149. The molecule has 0 bridgehead atoms. The summed E-state index contributed by atoms with van der Waals surface area (Å²) in [4.78, 5) is 21.8. The van der Waals surface area contributed by atoms with Crippen molar-refractivity contribution in [2.24, 2.45) is 0 Å². The average Bonchev–Trinajstić information content (AvgIpc) is 2.26. The van der Waals surface area contributed by atoms with Crippen molar-refractivity contribution < 1.29 is 19.4 Å². The number of ketones is 1. The number of Topliss-reactive ketones (excluding diaryl/α,β-unsaturated/α-hetero) is 1. The smallest absolute Gasteiger partial charge is 0.372 e. The van der Waals surface area contributed by atoms with E-state index < -0.39 is 17.7 Å². The number of carboxylic acid groups (broad SMARTS) is 1. The Kier molecular flexibility index (Phi) is 3.44. The van der Waals surface area contributed by atoms with Gasteiger partial charge < -0.3 is 9.84 Å². The highest BCUT2D eigenvalue weighted by Gasteiger charge is 2.24. The Morgan fingerprint density at radius 2 is 1.93 bits per heavy atom. The number of carbonyl (C=O) groups is 2. The molecule has 1 aromatic carbocycles. The van der Waals surface area contributed by atoms with E-state index in [1.165, 1.54) is 7.11 Å². The highest BCUT2D eigenvalue weighted by molar-refractivity contribution is 6.34. The molecule has 0 aromatic heterocycles. The van der Waals surface area contributed by atoms with Crippen LogP contribution in [0.2, 0.25) is 0 Å². The number of carbonyl (C=O) groups excluding carboxylic acids is 1. The maximum Gasteiger partial charge on any atom is 0.372 e. The van der Waals surface area contributed by atoms with Crippen LogP contribution in [0, 0.1) is 0 Å². The minimum absolute atomic E-state index is 0.527. The van der Waals surface area contributed by atoms with Crippen molar-refractivity contribution in [2.75, 3.05) is 7.11 Å².